The van der Waals surface area contributed by atoms with E-state index < -0.39 is 0 Å². The van der Waals surface area contributed by atoms with Crippen LogP contribution in [-0.2, 0) is 0 Å². The Kier molecular flexibility index (Phi) is 4.85. The van der Waals surface area contributed by atoms with E-state index >= 15 is 0 Å². The Hall–Kier alpha value is -2.01. The maximum Gasteiger partial charge on any atom is 0.251 e. The fraction of sp³-hybridized carbons (Fsp3) is 0.188. The second-order valence-electron chi connectivity index (χ2n) is 4.64. The summed E-state index contributed by atoms with van der Waals surface area (Å²) in [6.07, 6.45) is 0. The van der Waals surface area contributed by atoms with Crippen LogP contribution in [0.4, 0.5) is 0 Å². The van der Waals surface area contributed by atoms with E-state index in [-0.39, 0.29) is 17.7 Å². The molecule has 0 fully saturated rings. The monoisotopic (exact) mass is 349 g/mol. The van der Waals surface area contributed by atoms with E-state index in [2.05, 4.69) is 21.2 Å². The zero-order valence-electron chi connectivity index (χ0n) is 11.8. The number of ether oxygens (including phenoxy) is 1. The minimum absolute atomic E-state index is 0.0553. The van der Waals surface area contributed by atoms with Crippen molar-refractivity contribution in [3.05, 3.63) is 58.1 Å². The SMILES string of the molecule is COc1ccc(C(=O)NC(C)c2cccc(Br)c2)cc1O. The van der Waals surface area contributed by atoms with E-state index in [1.54, 1.807) is 12.1 Å². The van der Waals surface area contributed by atoms with Crippen LogP contribution in [0.3, 0.4) is 0 Å². The largest absolute Gasteiger partial charge is 0.504 e. The molecular formula is C16H16BrNO3. The first-order valence-electron chi connectivity index (χ1n) is 6.44. The molecule has 0 aliphatic heterocycles. The van der Waals surface area contributed by atoms with Crippen LogP contribution >= 0.6 is 15.9 Å². The van der Waals surface area contributed by atoms with Gasteiger partial charge in [-0.25, -0.2) is 0 Å². The van der Waals surface area contributed by atoms with E-state index in [9.17, 15) is 9.90 Å². The van der Waals surface area contributed by atoms with Crippen molar-refractivity contribution < 1.29 is 14.6 Å². The Morgan fingerprint density at radius 2 is 2.05 bits per heavy atom. The van der Waals surface area contributed by atoms with Crippen molar-refractivity contribution in [2.45, 2.75) is 13.0 Å². The Morgan fingerprint density at radius 3 is 2.67 bits per heavy atom. The third-order valence-electron chi connectivity index (χ3n) is 3.14. The summed E-state index contributed by atoms with van der Waals surface area (Å²) in [7, 11) is 1.46. The van der Waals surface area contributed by atoms with Crippen molar-refractivity contribution in [1.82, 2.24) is 5.32 Å². The van der Waals surface area contributed by atoms with Crippen molar-refractivity contribution in [1.29, 1.82) is 0 Å². The Morgan fingerprint density at radius 1 is 1.29 bits per heavy atom. The van der Waals surface area contributed by atoms with E-state index in [1.807, 2.05) is 31.2 Å². The number of phenolic OH excluding ortho intramolecular Hbond substituents is 1. The zero-order valence-corrected chi connectivity index (χ0v) is 13.3. The van der Waals surface area contributed by atoms with Crippen molar-refractivity contribution >= 4 is 21.8 Å². The van der Waals surface area contributed by atoms with E-state index in [1.165, 1.54) is 13.2 Å². The summed E-state index contributed by atoms with van der Waals surface area (Å²) in [6, 6.07) is 12.2. The first kappa shape index (κ1) is 15.4. The van der Waals surface area contributed by atoms with Crippen LogP contribution in [0.15, 0.2) is 46.9 Å². The second kappa shape index (κ2) is 6.63. The number of carbonyl (C=O) groups excluding carboxylic acids is 1. The number of amides is 1. The molecule has 0 aliphatic carbocycles. The molecule has 0 aromatic heterocycles. The van der Waals surface area contributed by atoms with Gasteiger partial charge in [-0.2, -0.15) is 0 Å². The molecule has 1 atom stereocenters. The van der Waals surface area contributed by atoms with Crippen molar-refractivity contribution in [3.8, 4) is 11.5 Å². The van der Waals surface area contributed by atoms with Gasteiger partial charge in [0.05, 0.1) is 13.2 Å². The van der Waals surface area contributed by atoms with Crippen LogP contribution in [-0.4, -0.2) is 18.1 Å². The predicted octanol–water partition coefficient (Wildman–Crippen LogP) is 3.65. The number of aromatic hydroxyl groups is 1. The molecule has 5 heteroatoms. The lowest BCUT2D eigenvalue weighted by Gasteiger charge is -2.15. The lowest BCUT2D eigenvalue weighted by molar-refractivity contribution is 0.0939. The summed E-state index contributed by atoms with van der Waals surface area (Å²) in [6.45, 7) is 1.91. The van der Waals surface area contributed by atoms with Crippen LogP contribution < -0.4 is 10.1 Å². The lowest BCUT2D eigenvalue weighted by atomic mass is 10.1. The molecule has 1 unspecified atom stereocenters. The molecule has 0 spiro atoms. The Labute approximate surface area is 131 Å². The van der Waals surface area contributed by atoms with Gasteiger partial charge in [-0.15, -0.1) is 0 Å². The average molecular weight is 350 g/mol. The lowest BCUT2D eigenvalue weighted by Crippen LogP contribution is -2.26. The highest BCUT2D eigenvalue weighted by Crippen LogP contribution is 2.26. The topological polar surface area (TPSA) is 58.6 Å². The quantitative estimate of drug-likeness (QED) is 0.885. The van der Waals surface area contributed by atoms with Gasteiger partial charge in [-0.3, -0.25) is 4.79 Å². The number of hydrogen-bond acceptors (Lipinski definition) is 3. The van der Waals surface area contributed by atoms with E-state index in [0.717, 1.165) is 10.0 Å². The first-order chi connectivity index (χ1) is 10.0. The second-order valence-corrected chi connectivity index (χ2v) is 5.55. The molecule has 2 rings (SSSR count). The summed E-state index contributed by atoms with van der Waals surface area (Å²) in [5.74, 6) is 0.0345. The van der Waals surface area contributed by atoms with E-state index in [4.69, 9.17) is 4.74 Å². The van der Waals surface area contributed by atoms with Crippen LogP contribution in [0, 0.1) is 0 Å². The normalized spacial score (nSPS) is 11.8. The van der Waals surface area contributed by atoms with Crippen LogP contribution in [0.1, 0.15) is 28.9 Å². The van der Waals surface area contributed by atoms with Crippen molar-refractivity contribution in [2.24, 2.45) is 0 Å². The molecule has 0 bridgehead atoms. The highest BCUT2D eigenvalue weighted by molar-refractivity contribution is 9.10. The summed E-state index contributed by atoms with van der Waals surface area (Å²) >= 11 is 3.41. The van der Waals surface area contributed by atoms with Gasteiger partial charge in [0.1, 0.15) is 0 Å². The van der Waals surface area contributed by atoms with Gasteiger partial charge in [0.15, 0.2) is 11.5 Å². The van der Waals surface area contributed by atoms with Crippen molar-refractivity contribution in [3.63, 3.8) is 0 Å². The fourth-order valence-corrected chi connectivity index (χ4v) is 2.39. The smallest absolute Gasteiger partial charge is 0.251 e. The van der Waals surface area contributed by atoms with Gasteiger partial charge in [0, 0.05) is 10.0 Å². The van der Waals surface area contributed by atoms with Gasteiger partial charge >= 0.3 is 0 Å². The van der Waals surface area contributed by atoms with Gasteiger partial charge in [-0.05, 0) is 42.8 Å². The van der Waals surface area contributed by atoms with Gasteiger partial charge in [-0.1, -0.05) is 28.1 Å². The summed E-state index contributed by atoms with van der Waals surface area (Å²) < 4.78 is 5.92. The molecule has 2 aromatic carbocycles. The highest BCUT2D eigenvalue weighted by atomic mass is 79.9. The average Bonchev–Trinajstić information content (AvgIpc) is 2.47. The maximum atomic E-state index is 12.2. The van der Waals surface area contributed by atoms with Crippen LogP contribution in [0.2, 0.25) is 0 Å². The maximum absolute atomic E-state index is 12.2. The molecule has 0 saturated carbocycles. The molecule has 0 heterocycles. The number of phenols is 1. The third kappa shape index (κ3) is 3.76. The number of nitrogens with one attached hydrogen (secondary N) is 1. The van der Waals surface area contributed by atoms with Crippen LogP contribution in [0.5, 0.6) is 11.5 Å². The molecule has 0 radical (unpaired) electrons. The molecule has 1 amide bonds. The molecule has 21 heavy (non-hydrogen) atoms. The van der Waals surface area contributed by atoms with Gasteiger partial charge in [0.2, 0.25) is 0 Å². The van der Waals surface area contributed by atoms with Crippen LogP contribution in [0.25, 0.3) is 0 Å². The number of hydrogen-bond donors (Lipinski definition) is 2. The molecule has 0 aliphatic rings. The molecule has 4 nitrogen and oxygen atoms in total. The standard InChI is InChI=1S/C16H16BrNO3/c1-10(11-4-3-5-13(17)8-11)18-16(20)12-6-7-15(21-2)14(19)9-12/h3-10,19H,1-2H3,(H,18,20). The number of methoxy groups -OCH3 is 1. The van der Waals surface area contributed by atoms with Crippen molar-refractivity contribution in [2.75, 3.05) is 7.11 Å². The number of carbonyl (C=O) groups is 1. The Bertz CT molecular complexity index is 658. The number of rotatable bonds is 4. The molecule has 2 N–H and O–H groups in total. The summed E-state index contributed by atoms with van der Waals surface area (Å²) in [5, 5.41) is 12.6. The number of benzene rings is 2. The molecular weight excluding hydrogens is 334 g/mol. The zero-order chi connectivity index (χ0) is 15.4. The van der Waals surface area contributed by atoms with Gasteiger partial charge in [0.25, 0.3) is 5.91 Å². The third-order valence-corrected chi connectivity index (χ3v) is 3.63. The summed E-state index contributed by atoms with van der Waals surface area (Å²) in [5.41, 5.74) is 1.38. The number of halogens is 1. The Balaban J connectivity index is 2.12. The predicted molar refractivity (Wildman–Crippen MR) is 84.7 cm³/mol. The highest BCUT2D eigenvalue weighted by Gasteiger charge is 2.13. The van der Waals surface area contributed by atoms with Gasteiger partial charge < -0.3 is 15.2 Å². The minimum atomic E-state index is -0.250. The fourth-order valence-electron chi connectivity index (χ4n) is 1.97. The molecule has 2 aromatic rings. The van der Waals surface area contributed by atoms with E-state index in [0.29, 0.717) is 11.3 Å². The summed E-state index contributed by atoms with van der Waals surface area (Å²) in [4.78, 5) is 12.2. The minimum Gasteiger partial charge on any atom is -0.504 e. The molecule has 0 saturated heterocycles. The molecule has 110 valence electrons. The first-order valence-corrected chi connectivity index (χ1v) is 7.24.